The van der Waals surface area contributed by atoms with Gasteiger partial charge in [-0.05, 0) is 12.1 Å². The van der Waals surface area contributed by atoms with E-state index in [1.54, 1.807) is 24.3 Å². The van der Waals surface area contributed by atoms with Gasteiger partial charge in [-0.15, -0.1) is 0 Å². The number of para-hydroxylation sites is 1. The van der Waals surface area contributed by atoms with E-state index in [2.05, 4.69) is 0 Å². The number of carbonyl (C=O) groups excluding carboxylic acids is 3. The molecule has 22 heavy (non-hydrogen) atoms. The van der Waals surface area contributed by atoms with E-state index >= 15 is 0 Å². The number of urea groups is 1. The molecule has 8 heteroatoms. The lowest BCUT2D eigenvalue weighted by Crippen LogP contribution is -2.59. The predicted molar refractivity (Wildman–Crippen MR) is 79.1 cm³/mol. The summed E-state index contributed by atoms with van der Waals surface area (Å²) in [4.78, 5) is 37.4. The number of rotatable bonds is 4. The fourth-order valence-electron chi connectivity index (χ4n) is 2.01. The lowest BCUT2D eigenvalue weighted by atomic mass is 9.98. The minimum atomic E-state index is -1.35. The summed E-state index contributed by atoms with van der Waals surface area (Å²) in [5, 5.41) is 8.30. The van der Waals surface area contributed by atoms with E-state index in [4.69, 9.17) is 21.7 Å². The average molecular weight is 324 g/mol. The van der Waals surface area contributed by atoms with E-state index < -0.39 is 23.8 Å². The highest BCUT2D eigenvalue weighted by Gasteiger charge is 2.44. The molecular formula is C14H14ClN3O4. The first kappa shape index (κ1) is 16.0. The number of benzene rings is 1. The first-order valence-electron chi connectivity index (χ1n) is 6.38. The number of hydrogen-bond donors (Lipinski definition) is 1. The van der Waals surface area contributed by atoms with Crippen LogP contribution in [0.4, 0.5) is 4.79 Å². The number of carbonyl (C=O) groups is 3. The highest BCUT2D eigenvalue weighted by molar-refractivity contribution is 6.32. The summed E-state index contributed by atoms with van der Waals surface area (Å²) in [5.74, 6) is -2.47. The molecule has 0 radical (unpaired) electrons. The molecule has 0 unspecified atom stereocenters. The zero-order valence-corrected chi connectivity index (χ0v) is 12.8. The first-order valence-corrected chi connectivity index (χ1v) is 6.76. The second kappa shape index (κ2) is 6.15. The Labute approximate surface area is 131 Å². The van der Waals surface area contributed by atoms with E-state index in [1.165, 1.54) is 14.1 Å². The Bertz CT molecular complexity index is 637. The highest BCUT2D eigenvalue weighted by Crippen LogP contribution is 2.24. The maximum Gasteiger partial charge on any atom is 0.332 e. The van der Waals surface area contributed by atoms with Crippen LogP contribution in [0.15, 0.2) is 24.3 Å². The lowest BCUT2D eigenvalue weighted by Gasteiger charge is -2.32. The standard InChI is InChI=1S/C14H14ClN3O4/c1-17-12(19)11(13(20)18(2)14(17)21)9(16)7-22-10-6-4-3-5-8(10)15/h3-6,11,16H,7H2,1-2H3. The summed E-state index contributed by atoms with van der Waals surface area (Å²) in [6.45, 7) is -0.276. The monoisotopic (exact) mass is 323 g/mol. The van der Waals surface area contributed by atoms with Crippen molar-refractivity contribution in [3.63, 3.8) is 0 Å². The van der Waals surface area contributed by atoms with Crippen molar-refractivity contribution in [3.8, 4) is 5.75 Å². The molecule has 0 saturated carbocycles. The van der Waals surface area contributed by atoms with Gasteiger partial charge in [0.25, 0.3) is 0 Å². The number of nitrogens with one attached hydrogen (secondary N) is 1. The summed E-state index contributed by atoms with van der Waals surface area (Å²) in [5.41, 5.74) is -0.235. The molecule has 1 aliphatic rings. The molecule has 0 aliphatic carbocycles. The third kappa shape index (κ3) is 2.80. The van der Waals surface area contributed by atoms with Crippen molar-refractivity contribution < 1.29 is 19.1 Å². The fourth-order valence-corrected chi connectivity index (χ4v) is 2.20. The van der Waals surface area contributed by atoms with E-state index in [9.17, 15) is 14.4 Å². The minimum Gasteiger partial charge on any atom is -0.486 e. The smallest absolute Gasteiger partial charge is 0.332 e. The van der Waals surface area contributed by atoms with E-state index in [-0.39, 0.29) is 12.3 Å². The van der Waals surface area contributed by atoms with Crippen molar-refractivity contribution in [2.75, 3.05) is 20.7 Å². The maximum atomic E-state index is 12.0. The summed E-state index contributed by atoms with van der Waals surface area (Å²) in [6.07, 6.45) is 0. The molecule has 1 N–H and O–H groups in total. The molecule has 2 rings (SSSR count). The Morgan fingerprint density at radius 3 is 2.27 bits per heavy atom. The molecule has 1 aliphatic heterocycles. The number of amides is 4. The van der Waals surface area contributed by atoms with Crippen molar-refractivity contribution >= 4 is 35.2 Å². The summed E-state index contributed by atoms with van der Waals surface area (Å²) in [6, 6.07) is 5.96. The SMILES string of the molecule is CN1C(=O)C(C(=N)COc2ccccc2Cl)C(=O)N(C)C1=O. The van der Waals surface area contributed by atoms with E-state index in [0.717, 1.165) is 9.80 Å². The largest absolute Gasteiger partial charge is 0.486 e. The van der Waals surface area contributed by atoms with Gasteiger partial charge < -0.3 is 10.1 Å². The average Bonchev–Trinajstić information content (AvgIpc) is 2.50. The van der Waals surface area contributed by atoms with Crippen molar-refractivity contribution in [1.29, 1.82) is 5.41 Å². The number of imide groups is 2. The third-order valence-corrected chi connectivity index (χ3v) is 3.61. The molecule has 1 saturated heterocycles. The Hall–Kier alpha value is -2.41. The van der Waals surface area contributed by atoms with Gasteiger partial charge >= 0.3 is 6.03 Å². The van der Waals surface area contributed by atoms with E-state index in [0.29, 0.717) is 10.8 Å². The number of ether oxygens (including phenoxy) is 1. The molecule has 116 valence electrons. The van der Waals surface area contributed by atoms with Gasteiger partial charge in [0.2, 0.25) is 11.8 Å². The van der Waals surface area contributed by atoms with Crippen LogP contribution in [-0.4, -0.2) is 54.1 Å². The van der Waals surface area contributed by atoms with Crippen molar-refractivity contribution in [1.82, 2.24) is 9.80 Å². The van der Waals surface area contributed by atoms with Gasteiger partial charge in [0.1, 0.15) is 12.4 Å². The fraction of sp³-hybridized carbons (Fsp3) is 0.286. The number of barbiturate groups is 1. The van der Waals surface area contributed by atoms with Gasteiger partial charge in [0, 0.05) is 14.1 Å². The third-order valence-electron chi connectivity index (χ3n) is 3.30. The quantitative estimate of drug-likeness (QED) is 0.670. The van der Waals surface area contributed by atoms with Gasteiger partial charge in [0.05, 0.1) is 10.7 Å². The van der Waals surface area contributed by atoms with Crippen molar-refractivity contribution in [2.45, 2.75) is 0 Å². The number of nitrogens with zero attached hydrogens (tertiary/aromatic N) is 2. The van der Waals surface area contributed by atoms with Crippen molar-refractivity contribution in [3.05, 3.63) is 29.3 Å². The van der Waals surface area contributed by atoms with Gasteiger partial charge in [0.15, 0.2) is 5.92 Å². The molecule has 4 amide bonds. The van der Waals surface area contributed by atoms with E-state index in [1.807, 2.05) is 0 Å². The van der Waals surface area contributed by atoms with Crippen LogP contribution in [0.3, 0.4) is 0 Å². The van der Waals surface area contributed by atoms with Crippen molar-refractivity contribution in [2.24, 2.45) is 5.92 Å². The predicted octanol–water partition coefficient (Wildman–Crippen LogP) is 1.41. The molecule has 1 aromatic carbocycles. The number of hydrogen-bond acceptors (Lipinski definition) is 5. The van der Waals surface area contributed by atoms with Crippen LogP contribution in [0, 0.1) is 11.3 Å². The van der Waals surface area contributed by atoms with Gasteiger partial charge in [-0.25, -0.2) is 4.79 Å². The Morgan fingerprint density at radius 2 is 1.73 bits per heavy atom. The molecule has 1 aromatic rings. The summed E-state index contributed by atoms with van der Waals surface area (Å²) < 4.78 is 5.36. The Kier molecular flexibility index (Phi) is 4.46. The van der Waals surface area contributed by atoms with Crippen LogP contribution in [0.5, 0.6) is 5.75 Å². The zero-order chi connectivity index (χ0) is 16.4. The maximum absolute atomic E-state index is 12.0. The van der Waals surface area contributed by atoms with Gasteiger partial charge in [-0.3, -0.25) is 19.4 Å². The number of halogens is 1. The zero-order valence-electron chi connectivity index (χ0n) is 12.0. The summed E-state index contributed by atoms with van der Waals surface area (Å²) >= 11 is 5.93. The molecule has 1 fully saturated rings. The van der Waals surface area contributed by atoms with Crippen LogP contribution in [0.1, 0.15) is 0 Å². The molecule has 0 spiro atoms. The molecule has 1 heterocycles. The van der Waals surface area contributed by atoms with Gasteiger partial charge in [-0.1, -0.05) is 23.7 Å². The molecule has 0 aromatic heterocycles. The van der Waals surface area contributed by atoms with Crippen LogP contribution in [-0.2, 0) is 9.59 Å². The molecular weight excluding hydrogens is 310 g/mol. The van der Waals surface area contributed by atoms with Gasteiger partial charge in [-0.2, -0.15) is 0 Å². The van der Waals surface area contributed by atoms with Crippen LogP contribution < -0.4 is 4.74 Å². The first-order chi connectivity index (χ1) is 10.3. The topological polar surface area (TPSA) is 90.8 Å². The Morgan fingerprint density at radius 1 is 1.18 bits per heavy atom. The highest BCUT2D eigenvalue weighted by atomic mass is 35.5. The Balaban J connectivity index is 2.12. The minimum absolute atomic E-state index is 0.235. The normalized spacial score (nSPS) is 16.2. The summed E-state index contributed by atoms with van der Waals surface area (Å²) in [7, 11) is 2.53. The molecule has 0 bridgehead atoms. The molecule has 0 atom stereocenters. The second-order valence-electron chi connectivity index (χ2n) is 4.75. The second-order valence-corrected chi connectivity index (χ2v) is 5.16. The van der Waals surface area contributed by atoms with Crippen LogP contribution in [0.2, 0.25) is 5.02 Å². The van der Waals surface area contributed by atoms with Crippen LogP contribution >= 0.6 is 11.6 Å². The van der Waals surface area contributed by atoms with Crippen LogP contribution in [0.25, 0.3) is 0 Å². The molecule has 7 nitrogen and oxygen atoms in total. The lowest BCUT2D eigenvalue weighted by molar-refractivity contribution is -0.144.